The highest BCUT2D eigenvalue weighted by Gasteiger charge is 2.28. The lowest BCUT2D eigenvalue weighted by Crippen LogP contribution is -2.39. The number of aryl methyl sites for hydroxylation is 1. The van der Waals surface area contributed by atoms with Crippen molar-refractivity contribution in [1.82, 2.24) is 9.62 Å². The summed E-state index contributed by atoms with van der Waals surface area (Å²) in [5, 5.41) is 3.26. The van der Waals surface area contributed by atoms with Crippen molar-refractivity contribution in [1.29, 1.82) is 0 Å². The van der Waals surface area contributed by atoms with Crippen LogP contribution in [0.1, 0.15) is 37.8 Å². The molecule has 1 atom stereocenters. The first-order chi connectivity index (χ1) is 9.95. The third-order valence-electron chi connectivity index (χ3n) is 4.14. The molecule has 1 aromatic carbocycles. The Labute approximate surface area is 128 Å². The van der Waals surface area contributed by atoms with E-state index >= 15 is 0 Å². The van der Waals surface area contributed by atoms with E-state index in [1.54, 1.807) is 10.4 Å². The van der Waals surface area contributed by atoms with E-state index in [2.05, 4.69) is 12.2 Å². The molecule has 0 radical (unpaired) electrons. The van der Waals surface area contributed by atoms with E-state index in [0.717, 1.165) is 30.5 Å². The quantitative estimate of drug-likeness (QED) is 0.909. The van der Waals surface area contributed by atoms with Crippen molar-refractivity contribution < 1.29 is 8.42 Å². The van der Waals surface area contributed by atoms with Gasteiger partial charge in [-0.2, -0.15) is 4.31 Å². The summed E-state index contributed by atoms with van der Waals surface area (Å²) in [6.45, 7) is 9.05. The van der Waals surface area contributed by atoms with Gasteiger partial charge >= 0.3 is 0 Å². The maximum absolute atomic E-state index is 12.8. The molecule has 1 heterocycles. The highest BCUT2D eigenvalue weighted by atomic mass is 32.2. The highest BCUT2D eigenvalue weighted by molar-refractivity contribution is 7.89. The molecule has 1 fully saturated rings. The summed E-state index contributed by atoms with van der Waals surface area (Å²) >= 11 is 0. The lowest BCUT2D eigenvalue weighted by Gasteiger charge is -2.30. The fourth-order valence-corrected chi connectivity index (χ4v) is 4.42. The van der Waals surface area contributed by atoms with Crippen LogP contribution in [0.15, 0.2) is 23.1 Å². The van der Waals surface area contributed by atoms with Crippen molar-refractivity contribution in [3.63, 3.8) is 0 Å². The van der Waals surface area contributed by atoms with Crippen molar-refractivity contribution >= 4 is 10.0 Å². The Bertz CT molecular complexity index is 584. The van der Waals surface area contributed by atoms with Gasteiger partial charge in [-0.15, -0.1) is 0 Å². The molecule has 1 aliphatic heterocycles. The zero-order valence-corrected chi connectivity index (χ0v) is 14.0. The lowest BCUT2D eigenvalue weighted by molar-refractivity contribution is 0.281. The first kappa shape index (κ1) is 16.5. The average Bonchev–Trinajstić information content (AvgIpc) is 2.46. The predicted molar refractivity (Wildman–Crippen MR) is 85.7 cm³/mol. The van der Waals surface area contributed by atoms with Crippen LogP contribution in [0.5, 0.6) is 0 Å². The summed E-state index contributed by atoms with van der Waals surface area (Å²) in [4.78, 5) is 0.426. The average molecular weight is 310 g/mol. The third-order valence-corrected chi connectivity index (χ3v) is 6.00. The second-order valence-electron chi connectivity index (χ2n) is 5.98. The zero-order chi connectivity index (χ0) is 15.5. The van der Waals surface area contributed by atoms with E-state index in [0.29, 0.717) is 30.4 Å². The highest BCUT2D eigenvalue weighted by Crippen LogP contribution is 2.24. The molecule has 1 unspecified atom stereocenters. The molecule has 0 amide bonds. The summed E-state index contributed by atoms with van der Waals surface area (Å²) in [5.74, 6) is 0.445. The predicted octanol–water partition coefficient (Wildman–Crippen LogP) is 2.53. The Morgan fingerprint density at radius 1 is 1.38 bits per heavy atom. The van der Waals surface area contributed by atoms with Crippen LogP contribution in [0, 0.1) is 12.8 Å². The molecule has 0 bridgehead atoms. The number of nitrogens with one attached hydrogen (secondary N) is 1. The van der Waals surface area contributed by atoms with Crippen LogP contribution in [0.4, 0.5) is 0 Å². The number of hydrogen-bond donors (Lipinski definition) is 1. The Hall–Kier alpha value is -0.910. The minimum Gasteiger partial charge on any atom is -0.313 e. The molecule has 118 valence electrons. The lowest BCUT2D eigenvalue weighted by atomic mass is 10.0. The van der Waals surface area contributed by atoms with Gasteiger partial charge in [-0.05, 0) is 55.5 Å². The summed E-state index contributed by atoms with van der Waals surface area (Å²) < 4.78 is 27.2. The summed E-state index contributed by atoms with van der Waals surface area (Å²) in [5.41, 5.74) is 2.19. The topological polar surface area (TPSA) is 49.4 Å². The summed E-state index contributed by atoms with van der Waals surface area (Å²) in [6, 6.07) is 5.47. The van der Waals surface area contributed by atoms with Gasteiger partial charge in [0.2, 0.25) is 10.0 Å². The molecule has 1 aliphatic rings. The van der Waals surface area contributed by atoms with Crippen LogP contribution in [0.2, 0.25) is 0 Å². The van der Waals surface area contributed by atoms with E-state index in [9.17, 15) is 8.42 Å². The van der Waals surface area contributed by atoms with Gasteiger partial charge in [-0.1, -0.05) is 19.9 Å². The van der Waals surface area contributed by atoms with Gasteiger partial charge < -0.3 is 5.32 Å². The van der Waals surface area contributed by atoms with Crippen molar-refractivity contribution in [2.75, 3.05) is 19.6 Å². The Balaban J connectivity index is 2.27. The normalized spacial score (nSPS) is 20.6. The number of piperidine rings is 1. The van der Waals surface area contributed by atoms with E-state index in [1.165, 1.54) is 0 Å². The molecular formula is C16H26N2O2S. The fraction of sp³-hybridized carbons (Fsp3) is 0.625. The van der Waals surface area contributed by atoms with Crippen molar-refractivity contribution in [3.8, 4) is 0 Å². The van der Waals surface area contributed by atoms with Crippen LogP contribution in [-0.4, -0.2) is 32.4 Å². The van der Waals surface area contributed by atoms with Gasteiger partial charge in [0, 0.05) is 19.6 Å². The van der Waals surface area contributed by atoms with Gasteiger partial charge in [0.15, 0.2) is 0 Å². The van der Waals surface area contributed by atoms with Crippen LogP contribution in [-0.2, 0) is 16.6 Å². The van der Waals surface area contributed by atoms with Gasteiger partial charge in [0.1, 0.15) is 0 Å². The first-order valence-corrected chi connectivity index (χ1v) is 9.19. The van der Waals surface area contributed by atoms with Crippen molar-refractivity contribution in [2.24, 2.45) is 5.92 Å². The van der Waals surface area contributed by atoms with E-state index < -0.39 is 10.0 Å². The molecule has 0 spiro atoms. The number of hydrogen-bond acceptors (Lipinski definition) is 3. The molecule has 1 aromatic rings. The minimum atomic E-state index is -3.35. The first-order valence-electron chi connectivity index (χ1n) is 7.75. The third kappa shape index (κ3) is 3.84. The summed E-state index contributed by atoms with van der Waals surface area (Å²) in [7, 11) is -3.35. The molecule has 5 heteroatoms. The molecule has 1 saturated heterocycles. The van der Waals surface area contributed by atoms with Gasteiger partial charge in [-0.25, -0.2) is 8.42 Å². The maximum Gasteiger partial charge on any atom is 0.243 e. The molecule has 0 saturated carbocycles. The van der Waals surface area contributed by atoms with Gasteiger partial charge in [-0.3, -0.25) is 0 Å². The molecule has 21 heavy (non-hydrogen) atoms. The standard InChI is InChI=1S/C16H26N2O2S/c1-4-17-11-15-10-16(8-7-14(15)3)21(19,20)18-9-5-6-13(2)12-18/h7-8,10,13,17H,4-6,9,11-12H2,1-3H3. The van der Waals surface area contributed by atoms with Crippen LogP contribution in [0.3, 0.4) is 0 Å². The van der Waals surface area contributed by atoms with Crippen molar-refractivity contribution in [3.05, 3.63) is 29.3 Å². The Kier molecular flexibility index (Phi) is 5.41. The number of sulfonamides is 1. The van der Waals surface area contributed by atoms with Gasteiger partial charge in [0.05, 0.1) is 4.90 Å². The molecule has 4 nitrogen and oxygen atoms in total. The van der Waals surface area contributed by atoms with Gasteiger partial charge in [0.25, 0.3) is 0 Å². The number of nitrogens with zero attached hydrogens (tertiary/aromatic N) is 1. The maximum atomic E-state index is 12.8. The van der Waals surface area contributed by atoms with E-state index in [1.807, 2.05) is 26.0 Å². The van der Waals surface area contributed by atoms with Crippen molar-refractivity contribution in [2.45, 2.75) is 45.1 Å². The smallest absolute Gasteiger partial charge is 0.243 e. The molecule has 2 rings (SSSR count). The van der Waals surface area contributed by atoms with Crippen LogP contribution in [0.25, 0.3) is 0 Å². The largest absolute Gasteiger partial charge is 0.313 e. The second-order valence-corrected chi connectivity index (χ2v) is 7.92. The molecular weight excluding hydrogens is 284 g/mol. The summed E-state index contributed by atoms with van der Waals surface area (Å²) in [6.07, 6.45) is 2.07. The number of rotatable bonds is 5. The molecule has 0 aliphatic carbocycles. The van der Waals surface area contributed by atoms with E-state index in [4.69, 9.17) is 0 Å². The SMILES string of the molecule is CCNCc1cc(S(=O)(=O)N2CCCC(C)C2)ccc1C. The molecule has 1 N–H and O–H groups in total. The number of benzene rings is 1. The van der Waals surface area contributed by atoms with E-state index in [-0.39, 0.29) is 0 Å². The monoisotopic (exact) mass is 310 g/mol. The Morgan fingerprint density at radius 3 is 2.81 bits per heavy atom. The second kappa shape index (κ2) is 6.90. The van der Waals surface area contributed by atoms with Crippen LogP contribution >= 0.6 is 0 Å². The Morgan fingerprint density at radius 2 is 2.14 bits per heavy atom. The molecule has 0 aromatic heterocycles. The fourth-order valence-electron chi connectivity index (χ4n) is 2.77. The minimum absolute atomic E-state index is 0.426. The van der Waals surface area contributed by atoms with Crippen LogP contribution < -0.4 is 5.32 Å². The zero-order valence-electron chi connectivity index (χ0n) is 13.2.